The number of ether oxygens (including phenoxy) is 3. The maximum Gasteiger partial charge on any atom is 0.217 e. The van der Waals surface area contributed by atoms with E-state index in [1.165, 1.54) is 21.1 Å². The van der Waals surface area contributed by atoms with Crippen molar-refractivity contribution in [2.45, 2.75) is 37.6 Å². The van der Waals surface area contributed by atoms with Crippen molar-refractivity contribution in [2.75, 3.05) is 20.8 Å². The topological polar surface area (TPSA) is 97.2 Å². The number of hydrogen-bond donors (Lipinski definition) is 3. The molecule has 0 saturated carbocycles. The van der Waals surface area contributed by atoms with Crippen LogP contribution in [0.2, 0.25) is 0 Å². The van der Waals surface area contributed by atoms with E-state index in [1.54, 1.807) is 0 Å². The van der Waals surface area contributed by atoms with Crippen molar-refractivity contribution in [2.24, 2.45) is 0 Å². The summed E-state index contributed by atoms with van der Waals surface area (Å²) in [6.45, 7) is 1.47. The molecule has 1 amide bonds. The fourth-order valence-corrected chi connectivity index (χ4v) is 1.92. The number of nitrogens with one attached hydrogen (secondary N) is 1. The van der Waals surface area contributed by atoms with E-state index in [-0.39, 0.29) is 12.5 Å². The predicted molar refractivity (Wildman–Crippen MR) is 57.2 cm³/mol. The maximum absolute atomic E-state index is 11.0. The van der Waals surface area contributed by atoms with Crippen LogP contribution in [0.25, 0.3) is 0 Å². The third-order valence-electron chi connectivity index (χ3n) is 2.67. The van der Waals surface area contributed by atoms with E-state index in [0.717, 1.165) is 0 Å². The van der Waals surface area contributed by atoms with Gasteiger partial charge in [-0.05, 0) is 0 Å². The molecule has 1 fully saturated rings. The molecule has 5 atom stereocenters. The Labute approximate surface area is 99.7 Å². The predicted octanol–water partition coefficient (Wildman–Crippen LogP) is -1.77. The molecule has 0 spiro atoms. The van der Waals surface area contributed by atoms with Gasteiger partial charge in [0, 0.05) is 21.1 Å². The third-order valence-corrected chi connectivity index (χ3v) is 2.67. The van der Waals surface area contributed by atoms with Crippen LogP contribution in [0.5, 0.6) is 0 Å². The second-order valence-corrected chi connectivity index (χ2v) is 3.94. The van der Waals surface area contributed by atoms with Gasteiger partial charge >= 0.3 is 0 Å². The highest BCUT2D eigenvalue weighted by atomic mass is 16.6. The molecule has 0 aromatic rings. The summed E-state index contributed by atoms with van der Waals surface area (Å²) in [4.78, 5) is 11.0. The van der Waals surface area contributed by atoms with Gasteiger partial charge in [-0.1, -0.05) is 0 Å². The van der Waals surface area contributed by atoms with Crippen LogP contribution >= 0.6 is 0 Å². The minimum Gasteiger partial charge on any atom is -0.388 e. The van der Waals surface area contributed by atoms with Crippen LogP contribution in [-0.2, 0) is 19.0 Å². The number of carbonyl (C=O) groups is 1. The molecule has 100 valence electrons. The fraction of sp³-hybridized carbons (Fsp3) is 0.900. The first-order valence-electron chi connectivity index (χ1n) is 5.31. The van der Waals surface area contributed by atoms with Crippen molar-refractivity contribution in [3.63, 3.8) is 0 Å². The van der Waals surface area contributed by atoms with Crippen LogP contribution in [0.15, 0.2) is 0 Å². The van der Waals surface area contributed by atoms with Crippen LogP contribution in [0.3, 0.4) is 0 Å². The Morgan fingerprint density at radius 3 is 2.53 bits per heavy atom. The van der Waals surface area contributed by atoms with Gasteiger partial charge in [-0.15, -0.1) is 0 Å². The lowest BCUT2D eigenvalue weighted by molar-refractivity contribution is -0.260. The smallest absolute Gasteiger partial charge is 0.217 e. The quantitative estimate of drug-likeness (QED) is 0.545. The molecule has 0 radical (unpaired) electrons. The van der Waals surface area contributed by atoms with Crippen molar-refractivity contribution in [1.82, 2.24) is 5.32 Å². The van der Waals surface area contributed by atoms with Crippen molar-refractivity contribution >= 4 is 5.91 Å². The van der Waals surface area contributed by atoms with Crippen molar-refractivity contribution < 1.29 is 29.2 Å². The molecule has 17 heavy (non-hydrogen) atoms. The van der Waals surface area contributed by atoms with Gasteiger partial charge in [0.2, 0.25) is 5.91 Å². The number of aliphatic hydroxyl groups is 2. The highest BCUT2D eigenvalue weighted by molar-refractivity contribution is 5.73. The summed E-state index contributed by atoms with van der Waals surface area (Å²) in [6.07, 6.45) is -3.61. The van der Waals surface area contributed by atoms with Crippen LogP contribution < -0.4 is 5.32 Å². The molecule has 1 saturated heterocycles. The summed E-state index contributed by atoms with van der Waals surface area (Å²) >= 11 is 0. The minimum atomic E-state index is -1.29. The van der Waals surface area contributed by atoms with Gasteiger partial charge in [0.15, 0.2) is 6.29 Å². The first-order chi connectivity index (χ1) is 8.01. The summed E-state index contributed by atoms with van der Waals surface area (Å²) in [6, 6.07) is -0.912. The van der Waals surface area contributed by atoms with E-state index >= 15 is 0 Å². The lowest BCUT2D eigenvalue weighted by Crippen LogP contribution is -2.64. The molecule has 7 nitrogen and oxygen atoms in total. The largest absolute Gasteiger partial charge is 0.388 e. The van der Waals surface area contributed by atoms with E-state index in [9.17, 15) is 15.0 Å². The second kappa shape index (κ2) is 6.27. The van der Waals surface area contributed by atoms with E-state index in [2.05, 4.69) is 5.32 Å². The van der Waals surface area contributed by atoms with Crippen LogP contribution in [-0.4, -0.2) is 67.6 Å². The SMILES string of the molecule is COC[C@H]1O[C@H](O)[C@H](NC(C)=O)[C@@H](O)[C@@H]1OC. The average Bonchev–Trinajstić information content (AvgIpc) is 2.24. The molecule has 3 N–H and O–H groups in total. The van der Waals surface area contributed by atoms with Crippen molar-refractivity contribution in [3.05, 3.63) is 0 Å². The normalized spacial score (nSPS) is 37.8. The Morgan fingerprint density at radius 1 is 1.41 bits per heavy atom. The molecule has 1 heterocycles. The highest BCUT2D eigenvalue weighted by Crippen LogP contribution is 2.22. The van der Waals surface area contributed by atoms with Gasteiger partial charge in [0.1, 0.15) is 24.4 Å². The molecule has 1 aliphatic heterocycles. The molecule has 0 bridgehead atoms. The molecular formula is C10H19NO6. The zero-order chi connectivity index (χ0) is 13.0. The monoisotopic (exact) mass is 249 g/mol. The molecule has 7 heteroatoms. The Bertz CT molecular complexity index is 261. The van der Waals surface area contributed by atoms with E-state index in [4.69, 9.17) is 14.2 Å². The number of aliphatic hydroxyl groups excluding tert-OH is 2. The zero-order valence-corrected chi connectivity index (χ0v) is 10.1. The highest BCUT2D eigenvalue weighted by Gasteiger charge is 2.45. The summed E-state index contributed by atoms with van der Waals surface area (Å²) < 4.78 is 15.3. The van der Waals surface area contributed by atoms with Crippen LogP contribution in [0, 0.1) is 0 Å². The Kier molecular flexibility index (Phi) is 5.29. The van der Waals surface area contributed by atoms with Gasteiger partial charge in [-0.25, -0.2) is 0 Å². The van der Waals surface area contributed by atoms with Crippen molar-refractivity contribution in [1.29, 1.82) is 0 Å². The minimum absolute atomic E-state index is 0.180. The molecule has 1 rings (SSSR count). The van der Waals surface area contributed by atoms with Gasteiger partial charge in [-0.3, -0.25) is 4.79 Å². The number of rotatable bonds is 4. The van der Waals surface area contributed by atoms with E-state index < -0.39 is 30.6 Å². The Balaban J connectivity index is 2.75. The molecule has 0 aromatic heterocycles. The molecule has 0 unspecified atom stereocenters. The second-order valence-electron chi connectivity index (χ2n) is 3.94. The lowest BCUT2D eigenvalue weighted by atomic mass is 9.97. The summed E-state index contributed by atoms with van der Waals surface area (Å²) in [5, 5.41) is 22.1. The van der Waals surface area contributed by atoms with Crippen molar-refractivity contribution in [3.8, 4) is 0 Å². The first-order valence-corrected chi connectivity index (χ1v) is 5.31. The summed E-state index contributed by atoms with van der Waals surface area (Å²) in [5.41, 5.74) is 0. The van der Waals surface area contributed by atoms with Gasteiger partial charge in [-0.2, -0.15) is 0 Å². The average molecular weight is 249 g/mol. The Hall–Kier alpha value is -0.730. The summed E-state index contributed by atoms with van der Waals surface area (Å²) in [7, 11) is 2.90. The zero-order valence-electron chi connectivity index (χ0n) is 10.1. The van der Waals surface area contributed by atoms with Gasteiger partial charge in [0.25, 0.3) is 0 Å². The van der Waals surface area contributed by atoms with E-state index in [0.29, 0.717) is 0 Å². The fourth-order valence-electron chi connectivity index (χ4n) is 1.92. The molecule has 0 aliphatic carbocycles. The number of carbonyl (C=O) groups excluding carboxylic acids is 1. The summed E-state index contributed by atoms with van der Waals surface area (Å²) in [5.74, 6) is -0.364. The van der Waals surface area contributed by atoms with Crippen LogP contribution in [0.4, 0.5) is 0 Å². The lowest BCUT2D eigenvalue weighted by Gasteiger charge is -2.42. The Morgan fingerprint density at radius 2 is 2.06 bits per heavy atom. The standard InChI is InChI=1S/C10H19NO6/c1-5(12)11-7-8(13)9(16-3)6(4-15-2)17-10(7)14/h6-10,13-14H,4H2,1-3H3,(H,11,12)/t6-,7-,8-,9-,10+/m1/s1. The van der Waals surface area contributed by atoms with Crippen LogP contribution in [0.1, 0.15) is 6.92 Å². The molecule has 1 aliphatic rings. The third kappa shape index (κ3) is 3.36. The number of hydrogen-bond acceptors (Lipinski definition) is 6. The molecular weight excluding hydrogens is 230 g/mol. The maximum atomic E-state index is 11.0. The van der Waals surface area contributed by atoms with E-state index in [1.807, 2.05) is 0 Å². The first kappa shape index (κ1) is 14.3. The number of methoxy groups -OCH3 is 2. The van der Waals surface area contributed by atoms with Gasteiger partial charge < -0.3 is 29.7 Å². The molecule has 0 aromatic carbocycles. The number of amides is 1. The van der Waals surface area contributed by atoms with Gasteiger partial charge in [0.05, 0.1) is 6.61 Å².